The van der Waals surface area contributed by atoms with Crippen LogP contribution in [-0.2, 0) is 21.1 Å². The molecule has 0 aliphatic rings. The molecule has 62 heavy (non-hydrogen) atoms. The van der Waals surface area contributed by atoms with Crippen molar-refractivity contribution >= 4 is 21.8 Å². The van der Waals surface area contributed by atoms with E-state index in [9.17, 15) is 0 Å². The molecule has 0 saturated heterocycles. The zero-order valence-electron chi connectivity index (χ0n) is 35.0. The van der Waals surface area contributed by atoms with Crippen LogP contribution in [0.1, 0.15) is 50.7 Å². The third-order valence-electron chi connectivity index (χ3n) is 11.5. The first-order chi connectivity index (χ1) is 29.9. The summed E-state index contributed by atoms with van der Waals surface area (Å²) in [5, 5.41) is 2.23. The number of pyridine rings is 1. The maximum atomic E-state index is 6.52. The van der Waals surface area contributed by atoms with Crippen molar-refractivity contribution in [2.75, 3.05) is 0 Å². The molecule has 0 N–H and O–H groups in total. The molecule has 3 heterocycles. The number of para-hydroxylation sites is 1. The number of nitrogens with zero attached hydrogens (tertiary/aromatic N) is 4. The van der Waals surface area contributed by atoms with Crippen LogP contribution in [0.15, 0.2) is 182 Å². The Labute approximate surface area is 377 Å². The van der Waals surface area contributed by atoms with E-state index in [1.165, 1.54) is 44.5 Å². The molecule has 6 heteroatoms. The van der Waals surface area contributed by atoms with Crippen molar-refractivity contribution in [2.45, 2.75) is 39.5 Å². The van der Waals surface area contributed by atoms with E-state index in [-0.39, 0.29) is 32.9 Å². The minimum atomic E-state index is 0. The van der Waals surface area contributed by atoms with Crippen molar-refractivity contribution in [1.82, 2.24) is 19.1 Å². The van der Waals surface area contributed by atoms with Gasteiger partial charge in [0.2, 0.25) is 0 Å². The van der Waals surface area contributed by atoms with Crippen LogP contribution in [0.4, 0.5) is 0 Å². The number of ether oxygens (including phenoxy) is 1. The first-order valence-corrected chi connectivity index (χ1v) is 20.9. The maximum Gasteiger partial charge on any atom is 2.00 e. The van der Waals surface area contributed by atoms with Gasteiger partial charge in [-0.2, -0.15) is 6.07 Å². The second-order valence-corrected chi connectivity index (χ2v) is 16.1. The van der Waals surface area contributed by atoms with Gasteiger partial charge in [0.25, 0.3) is 0 Å². The minimum absolute atomic E-state index is 0. The van der Waals surface area contributed by atoms with Crippen LogP contribution < -0.4 is 4.74 Å². The molecule has 10 aromatic rings. The summed E-state index contributed by atoms with van der Waals surface area (Å²) in [6.07, 6.45) is 5.76. The van der Waals surface area contributed by atoms with Gasteiger partial charge in [-0.05, 0) is 92.1 Å². The second-order valence-electron chi connectivity index (χ2n) is 16.1. The van der Waals surface area contributed by atoms with Crippen LogP contribution in [-0.4, -0.2) is 19.1 Å². The Morgan fingerprint density at radius 2 is 1.10 bits per heavy atom. The van der Waals surface area contributed by atoms with Gasteiger partial charge in [0, 0.05) is 41.3 Å². The maximum absolute atomic E-state index is 6.52. The summed E-state index contributed by atoms with van der Waals surface area (Å²) < 4.78 is 10.9. The second kappa shape index (κ2) is 17.3. The summed E-state index contributed by atoms with van der Waals surface area (Å²) in [6.45, 7) is 9.08. The fourth-order valence-electron chi connectivity index (χ4n) is 8.44. The Morgan fingerprint density at radius 3 is 1.74 bits per heavy atom. The fourth-order valence-corrected chi connectivity index (χ4v) is 8.44. The van der Waals surface area contributed by atoms with Gasteiger partial charge in [0.05, 0.1) is 5.82 Å². The first kappa shape index (κ1) is 40.6. The average Bonchev–Trinajstić information content (AvgIpc) is 3.92. The Hall–Kier alpha value is -6.81. The topological polar surface area (TPSA) is 44.9 Å². The van der Waals surface area contributed by atoms with Crippen LogP contribution in [0.2, 0.25) is 0 Å². The molecule has 0 radical (unpaired) electrons. The first-order valence-electron chi connectivity index (χ1n) is 20.9. The predicted molar refractivity (Wildman–Crippen MR) is 250 cm³/mol. The van der Waals surface area contributed by atoms with E-state index in [2.05, 4.69) is 181 Å². The molecule has 0 unspecified atom stereocenters. The minimum Gasteiger partial charge on any atom is -0.503 e. The van der Waals surface area contributed by atoms with Crippen molar-refractivity contribution < 1.29 is 25.8 Å². The molecule has 0 amide bonds. The Morgan fingerprint density at radius 1 is 0.500 bits per heavy atom. The largest absolute Gasteiger partial charge is 2.00 e. The predicted octanol–water partition coefficient (Wildman–Crippen LogP) is 14.7. The summed E-state index contributed by atoms with van der Waals surface area (Å²) in [6, 6.07) is 64.5. The van der Waals surface area contributed by atoms with E-state index in [4.69, 9.17) is 9.72 Å². The molecule has 0 spiro atoms. The van der Waals surface area contributed by atoms with Gasteiger partial charge < -0.3 is 13.9 Å². The monoisotopic (exact) mass is 983 g/mol. The molecule has 0 fully saturated rings. The molecule has 5 nitrogen and oxygen atoms in total. The van der Waals surface area contributed by atoms with Gasteiger partial charge >= 0.3 is 21.1 Å². The fraction of sp³-hybridized carbons (Fsp3) is 0.107. The molecule has 10 rings (SSSR count). The summed E-state index contributed by atoms with van der Waals surface area (Å²) in [5.41, 5.74) is 13.8. The third kappa shape index (κ3) is 7.70. The summed E-state index contributed by atoms with van der Waals surface area (Å²) >= 11 is 0. The summed E-state index contributed by atoms with van der Waals surface area (Å²) in [4.78, 5) is 9.59. The average molecular weight is 984 g/mol. The zero-order chi connectivity index (χ0) is 41.5. The van der Waals surface area contributed by atoms with Gasteiger partial charge in [-0.3, -0.25) is 4.98 Å². The van der Waals surface area contributed by atoms with Crippen LogP contribution in [0.25, 0.3) is 78.1 Å². The molecule has 0 bridgehead atoms. The van der Waals surface area contributed by atoms with Crippen molar-refractivity contribution in [3.8, 4) is 67.8 Å². The van der Waals surface area contributed by atoms with Gasteiger partial charge in [-0.1, -0.05) is 142 Å². The summed E-state index contributed by atoms with van der Waals surface area (Å²) in [7, 11) is 0. The molecule has 0 saturated carbocycles. The van der Waals surface area contributed by atoms with Gasteiger partial charge in [-0.15, -0.1) is 41.3 Å². The molecule has 304 valence electrons. The normalized spacial score (nSPS) is 11.4. The number of benzene rings is 7. The SMILES string of the molecule is CC(C)c1cc(-c2ccc(-c3ccc(-c4ccccc4)cc3)cc2)cc(C(C)C)c1-n1ccnc1-c1[c-]c(Oc2[c-]c3c(cc2)c2ccccc2n3-c2ccccn2)ccc1.[Pt+2]. The number of fused-ring (bicyclic) bond motifs is 3. The molecule has 0 aliphatic heterocycles. The van der Waals surface area contributed by atoms with Crippen LogP contribution in [0, 0.1) is 12.1 Å². The van der Waals surface area contributed by atoms with E-state index >= 15 is 0 Å². The summed E-state index contributed by atoms with van der Waals surface area (Å²) in [5.74, 6) is 3.34. The number of rotatable bonds is 10. The number of hydrogen-bond acceptors (Lipinski definition) is 3. The Kier molecular flexibility index (Phi) is 11.3. The number of hydrogen-bond donors (Lipinski definition) is 0. The van der Waals surface area contributed by atoms with Gasteiger partial charge in [0.15, 0.2) is 0 Å². The zero-order valence-corrected chi connectivity index (χ0v) is 37.3. The standard InChI is InChI=1S/C56H44N4O.Pt/c1-37(2)50-34-45(43-26-24-42(25-27-43)41-22-20-40(21-23-41)39-13-6-5-7-14-39)35-51(38(3)4)55(50)59-32-31-58-56(59)44-15-12-16-46(33-44)61-47-28-29-49-48-17-8-9-18-52(48)60(53(49)36-47)54-19-10-11-30-57-54;/h5-32,34-35,37-38H,1-4H3;/q-2;+2. The molecule has 3 aromatic heterocycles. The van der Waals surface area contributed by atoms with Crippen molar-refractivity contribution in [3.63, 3.8) is 0 Å². The van der Waals surface area contributed by atoms with Gasteiger partial charge in [0.1, 0.15) is 5.82 Å². The van der Waals surface area contributed by atoms with Crippen molar-refractivity contribution in [2.24, 2.45) is 0 Å². The van der Waals surface area contributed by atoms with E-state index in [1.807, 2.05) is 54.9 Å². The quantitative estimate of drug-likeness (QED) is 0.128. The third-order valence-corrected chi connectivity index (χ3v) is 11.5. The van der Waals surface area contributed by atoms with E-state index in [1.54, 1.807) is 0 Å². The van der Waals surface area contributed by atoms with E-state index in [0.717, 1.165) is 44.7 Å². The molecular formula is C56H44N4OPt. The number of imidazole rings is 1. The number of aromatic nitrogens is 4. The van der Waals surface area contributed by atoms with Gasteiger partial charge in [-0.25, -0.2) is 4.98 Å². The van der Waals surface area contributed by atoms with E-state index < -0.39 is 0 Å². The molecular weight excluding hydrogens is 940 g/mol. The molecule has 7 aromatic carbocycles. The Balaban J connectivity index is 0.00000490. The van der Waals surface area contributed by atoms with E-state index in [0.29, 0.717) is 11.5 Å². The van der Waals surface area contributed by atoms with Crippen LogP contribution in [0.3, 0.4) is 0 Å². The van der Waals surface area contributed by atoms with Crippen LogP contribution >= 0.6 is 0 Å². The van der Waals surface area contributed by atoms with Crippen molar-refractivity contribution in [1.29, 1.82) is 0 Å². The molecule has 0 atom stereocenters. The molecule has 0 aliphatic carbocycles. The van der Waals surface area contributed by atoms with Crippen molar-refractivity contribution in [3.05, 3.63) is 206 Å². The smallest absolute Gasteiger partial charge is 0.503 e. The van der Waals surface area contributed by atoms with Crippen LogP contribution in [0.5, 0.6) is 11.5 Å². The Bertz CT molecular complexity index is 3120.